The van der Waals surface area contributed by atoms with E-state index in [-0.39, 0.29) is 0 Å². The summed E-state index contributed by atoms with van der Waals surface area (Å²) in [5.74, 6) is 0. The van der Waals surface area contributed by atoms with Gasteiger partial charge in [-0.05, 0) is 13.8 Å². The molecular formula is C11H20N4. The fourth-order valence-electron chi connectivity index (χ4n) is 2.07. The highest BCUT2D eigenvalue weighted by Gasteiger charge is 2.12. The van der Waals surface area contributed by atoms with Gasteiger partial charge in [0, 0.05) is 50.5 Å². The van der Waals surface area contributed by atoms with Gasteiger partial charge in [0.05, 0.1) is 6.20 Å². The summed E-state index contributed by atoms with van der Waals surface area (Å²) < 4.78 is 2.07. The van der Waals surface area contributed by atoms with Crippen molar-refractivity contribution in [3.63, 3.8) is 0 Å². The number of hydrogen-bond acceptors (Lipinski definition) is 3. The van der Waals surface area contributed by atoms with Crippen LogP contribution in [-0.2, 0) is 13.1 Å². The van der Waals surface area contributed by atoms with Crippen LogP contribution in [0.2, 0.25) is 0 Å². The summed E-state index contributed by atoms with van der Waals surface area (Å²) in [6.45, 7) is 10.8. The molecule has 84 valence electrons. The Labute approximate surface area is 91.3 Å². The fraction of sp³-hybridized carbons (Fsp3) is 0.727. The van der Waals surface area contributed by atoms with E-state index in [0.29, 0.717) is 0 Å². The molecule has 0 amide bonds. The van der Waals surface area contributed by atoms with Crippen LogP contribution in [0.5, 0.6) is 0 Å². The molecule has 1 saturated heterocycles. The first-order valence-electron chi connectivity index (χ1n) is 5.75. The Morgan fingerprint density at radius 1 is 1.40 bits per heavy atom. The Morgan fingerprint density at radius 3 is 2.73 bits per heavy atom. The molecule has 0 bridgehead atoms. The van der Waals surface area contributed by atoms with Gasteiger partial charge in [-0.15, -0.1) is 0 Å². The summed E-state index contributed by atoms with van der Waals surface area (Å²) in [7, 11) is 0. The molecule has 4 heteroatoms. The zero-order valence-electron chi connectivity index (χ0n) is 9.66. The molecular weight excluding hydrogens is 188 g/mol. The molecule has 1 aliphatic heterocycles. The maximum Gasteiger partial charge on any atom is 0.0537 e. The van der Waals surface area contributed by atoms with Crippen LogP contribution < -0.4 is 5.32 Å². The van der Waals surface area contributed by atoms with E-state index in [1.807, 2.05) is 6.20 Å². The zero-order chi connectivity index (χ0) is 10.7. The van der Waals surface area contributed by atoms with Crippen LogP contribution in [0.15, 0.2) is 6.20 Å². The number of piperazine rings is 1. The van der Waals surface area contributed by atoms with Gasteiger partial charge >= 0.3 is 0 Å². The first kappa shape index (κ1) is 10.6. The third-order valence-corrected chi connectivity index (χ3v) is 3.11. The summed E-state index contributed by atoms with van der Waals surface area (Å²) in [6, 6.07) is 0. The SMILES string of the molecule is CCn1ncc(CN2CCNCC2)c1C. The number of rotatable bonds is 3. The zero-order valence-corrected chi connectivity index (χ0v) is 9.66. The van der Waals surface area contributed by atoms with Crippen LogP contribution >= 0.6 is 0 Å². The number of nitrogens with zero attached hydrogens (tertiary/aromatic N) is 3. The van der Waals surface area contributed by atoms with E-state index in [2.05, 4.69) is 33.8 Å². The van der Waals surface area contributed by atoms with Crippen molar-refractivity contribution in [2.24, 2.45) is 0 Å². The predicted octanol–water partition coefficient (Wildman–Crippen LogP) is 0.617. The van der Waals surface area contributed by atoms with E-state index >= 15 is 0 Å². The van der Waals surface area contributed by atoms with Gasteiger partial charge in [-0.2, -0.15) is 5.10 Å². The summed E-state index contributed by atoms with van der Waals surface area (Å²) in [5, 5.41) is 7.74. The molecule has 1 aromatic heterocycles. The van der Waals surface area contributed by atoms with E-state index < -0.39 is 0 Å². The monoisotopic (exact) mass is 208 g/mol. The van der Waals surface area contributed by atoms with E-state index in [9.17, 15) is 0 Å². The van der Waals surface area contributed by atoms with Gasteiger partial charge in [0.1, 0.15) is 0 Å². The van der Waals surface area contributed by atoms with Crippen molar-refractivity contribution in [1.82, 2.24) is 20.0 Å². The van der Waals surface area contributed by atoms with Crippen molar-refractivity contribution in [2.75, 3.05) is 26.2 Å². The highest BCUT2D eigenvalue weighted by atomic mass is 15.3. The molecule has 2 rings (SSSR count). The van der Waals surface area contributed by atoms with Gasteiger partial charge in [0.25, 0.3) is 0 Å². The molecule has 0 atom stereocenters. The topological polar surface area (TPSA) is 33.1 Å². The Balaban J connectivity index is 2.00. The van der Waals surface area contributed by atoms with Crippen LogP contribution in [0.1, 0.15) is 18.2 Å². The molecule has 1 N–H and O–H groups in total. The minimum absolute atomic E-state index is 0.966. The van der Waals surface area contributed by atoms with Crippen LogP contribution in [0, 0.1) is 6.92 Å². The van der Waals surface area contributed by atoms with Crippen molar-refractivity contribution in [3.05, 3.63) is 17.5 Å². The minimum atomic E-state index is 0.966. The molecule has 4 nitrogen and oxygen atoms in total. The van der Waals surface area contributed by atoms with E-state index in [1.165, 1.54) is 11.3 Å². The lowest BCUT2D eigenvalue weighted by Gasteiger charge is -2.26. The largest absolute Gasteiger partial charge is 0.314 e. The van der Waals surface area contributed by atoms with Crippen molar-refractivity contribution >= 4 is 0 Å². The van der Waals surface area contributed by atoms with Crippen LogP contribution in [0.4, 0.5) is 0 Å². The molecule has 0 spiro atoms. The third kappa shape index (κ3) is 2.38. The van der Waals surface area contributed by atoms with Gasteiger partial charge < -0.3 is 5.32 Å². The molecule has 1 fully saturated rings. The maximum absolute atomic E-state index is 4.37. The van der Waals surface area contributed by atoms with Crippen LogP contribution in [0.25, 0.3) is 0 Å². The van der Waals surface area contributed by atoms with Gasteiger partial charge in [0.2, 0.25) is 0 Å². The van der Waals surface area contributed by atoms with Crippen LogP contribution in [0.3, 0.4) is 0 Å². The second kappa shape index (κ2) is 4.77. The summed E-state index contributed by atoms with van der Waals surface area (Å²) in [5.41, 5.74) is 2.69. The summed E-state index contributed by atoms with van der Waals surface area (Å²) >= 11 is 0. The summed E-state index contributed by atoms with van der Waals surface area (Å²) in [4.78, 5) is 2.49. The highest BCUT2D eigenvalue weighted by molar-refractivity contribution is 5.15. The van der Waals surface area contributed by atoms with Crippen molar-refractivity contribution < 1.29 is 0 Å². The molecule has 0 aromatic carbocycles. The second-order valence-electron chi connectivity index (χ2n) is 4.10. The lowest BCUT2D eigenvalue weighted by atomic mass is 10.2. The quantitative estimate of drug-likeness (QED) is 0.790. The highest BCUT2D eigenvalue weighted by Crippen LogP contribution is 2.10. The average molecular weight is 208 g/mol. The molecule has 0 aliphatic carbocycles. The van der Waals surface area contributed by atoms with Crippen LogP contribution in [-0.4, -0.2) is 40.9 Å². The predicted molar refractivity (Wildman–Crippen MR) is 60.8 cm³/mol. The first-order chi connectivity index (χ1) is 7.31. The summed E-state index contributed by atoms with van der Waals surface area (Å²) in [6.07, 6.45) is 2.01. The lowest BCUT2D eigenvalue weighted by molar-refractivity contribution is 0.232. The fourth-order valence-corrected chi connectivity index (χ4v) is 2.07. The van der Waals surface area contributed by atoms with Crippen molar-refractivity contribution in [1.29, 1.82) is 0 Å². The molecule has 0 saturated carbocycles. The van der Waals surface area contributed by atoms with Gasteiger partial charge in [-0.25, -0.2) is 0 Å². The number of aryl methyl sites for hydroxylation is 1. The molecule has 1 aromatic rings. The van der Waals surface area contributed by atoms with Gasteiger partial charge in [-0.1, -0.05) is 0 Å². The van der Waals surface area contributed by atoms with Crippen molar-refractivity contribution in [2.45, 2.75) is 26.9 Å². The molecule has 0 radical (unpaired) electrons. The number of aromatic nitrogens is 2. The average Bonchev–Trinajstić information content (AvgIpc) is 2.62. The van der Waals surface area contributed by atoms with Gasteiger partial charge in [0.15, 0.2) is 0 Å². The molecule has 15 heavy (non-hydrogen) atoms. The number of nitrogens with one attached hydrogen (secondary N) is 1. The van der Waals surface area contributed by atoms with Gasteiger partial charge in [-0.3, -0.25) is 9.58 Å². The normalized spacial score (nSPS) is 18.3. The first-order valence-corrected chi connectivity index (χ1v) is 5.75. The standard InChI is InChI=1S/C11H20N4/c1-3-15-10(2)11(8-13-15)9-14-6-4-12-5-7-14/h8,12H,3-7,9H2,1-2H3. The Kier molecular flexibility index (Phi) is 3.38. The molecule has 1 aliphatic rings. The molecule has 0 unspecified atom stereocenters. The van der Waals surface area contributed by atoms with Crippen molar-refractivity contribution in [3.8, 4) is 0 Å². The van der Waals surface area contributed by atoms with E-state index in [1.54, 1.807) is 0 Å². The smallest absolute Gasteiger partial charge is 0.0537 e. The second-order valence-corrected chi connectivity index (χ2v) is 4.10. The lowest BCUT2D eigenvalue weighted by Crippen LogP contribution is -2.42. The molecule has 2 heterocycles. The Bertz CT molecular complexity index is 312. The minimum Gasteiger partial charge on any atom is -0.314 e. The van der Waals surface area contributed by atoms with E-state index in [0.717, 1.165) is 39.3 Å². The Hall–Kier alpha value is -0.870. The number of hydrogen-bond donors (Lipinski definition) is 1. The van der Waals surface area contributed by atoms with E-state index in [4.69, 9.17) is 0 Å². The maximum atomic E-state index is 4.37. The Morgan fingerprint density at radius 2 is 2.13 bits per heavy atom. The third-order valence-electron chi connectivity index (χ3n) is 3.11.